The standard InChI is InChI=1S/C8H11NO3S2/c10-4-6-5-13-8(9-6)7-2-1-3-14(7,11)12/h5,7,10H,1-4H2. The molecule has 2 heterocycles. The van der Waals surface area contributed by atoms with E-state index in [0.29, 0.717) is 17.1 Å². The summed E-state index contributed by atoms with van der Waals surface area (Å²) in [5.74, 6) is 0.270. The summed E-state index contributed by atoms with van der Waals surface area (Å²) in [4.78, 5) is 4.10. The molecule has 1 fully saturated rings. The second-order valence-electron chi connectivity index (χ2n) is 3.33. The molecular formula is C8H11NO3S2. The van der Waals surface area contributed by atoms with Gasteiger partial charge in [0.15, 0.2) is 9.84 Å². The van der Waals surface area contributed by atoms with E-state index in [1.165, 1.54) is 11.3 Å². The van der Waals surface area contributed by atoms with Gasteiger partial charge in [-0.1, -0.05) is 0 Å². The van der Waals surface area contributed by atoms with E-state index < -0.39 is 15.1 Å². The van der Waals surface area contributed by atoms with Gasteiger partial charge in [0.05, 0.1) is 18.1 Å². The summed E-state index contributed by atoms with van der Waals surface area (Å²) in [5, 5.41) is 10.7. The first-order chi connectivity index (χ1) is 6.63. The number of rotatable bonds is 2. The molecule has 0 aliphatic carbocycles. The molecule has 1 unspecified atom stereocenters. The molecule has 0 amide bonds. The molecule has 0 radical (unpaired) electrons. The number of sulfone groups is 1. The van der Waals surface area contributed by atoms with Gasteiger partial charge in [-0.3, -0.25) is 0 Å². The van der Waals surface area contributed by atoms with Crippen molar-refractivity contribution in [2.75, 3.05) is 5.75 Å². The fourth-order valence-electron chi connectivity index (χ4n) is 1.61. The number of aliphatic hydroxyl groups is 1. The molecule has 4 nitrogen and oxygen atoms in total. The highest BCUT2D eigenvalue weighted by Crippen LogP contribution is 2.35. The Morgan fingerprint density at radius 1 is 1.64 bits per heavy atom. The maximum atomic E-state index is 11.6. The first kappa shape index (κ1) is 10.1. The first-order valence-corrected chi connectivity index (χ1v) is 7.00. The lowest BCUT2D eigenvalue weighted by Crippen LogP contribution is -2.07. The lowest BCUT2D eigenvalue weighted by molar-refractivity contribution is 0.277. The molecule has 1 aliphatic heterocycles. The predicted octanol–water partition coefficient (Wildman–Crippen LogP) is 0.885. The third-order valence-electron chi connectivity index (χ3n) is 2.34. The number of nitrogens with zero attached hydrogens (tertiary/aromatic N) is 1. The van der Waals surface area contributed by atoms with E-state index in [-0.39, 0.29) is 12.4 Å². The van der Waals surface area contributed by atoms with Crippen molar-refractivity contribution in [2.24, 2.45) is 0 Å². The SMILES string of the molecule is O=S1(=O)CCCC1c1nc(CO)cs1. The quantitative estimate of drug-likeness (QED) is 0.823. The van der Waals surface area contributed by atoms with Gasteiger partial charge >= 0.3 is 0 Å². The molecule has 0 aromatic carbocycles. The van der Waals surface area contributed by atoms with Crippen LogP contribution in [0.3, 0.4) is 0 Å². The molecule has 0 bridgehead atoms. The van der Waals surface area contributed by atoms with Gasteiger partial charge in [-0.05, 0) is 12.8 Å². The smallest absolute Gasteiger partial charge is 0.159 e. The number of thiazole rings is 1. The van der Waals surface area contributed by atoms with Crippen molar-refractivity contribution in [1.29, 1.82) is 0 Å². The third-order valence-corrected chi connectivity index (χ3v) is 5.68. The Kier molecular flexibility index (Phi) is 2.59. The molecule has 1 atom stereocenters. The Balaban J connectivity index is 2.31. The van der Waals surface area contributed by atoms with Crippen molar-refractivity contribution in [3.05, 3.63) is 16.1 Å². The first-order valence-electron chi connectivity index (χ1n) is 4.40. The Labute approximate surface area is 86.5 Å². The van der Waals surface area contributed by atoms with Crippen LogP contribution in [0.5, 0.6) is 0 Å². The highest BCUT2D eigenvalue weighted by molar-refractivity contribution is 7.92. The number of hydrogen-bond donors (Lipinski definition) is 1. The largest absolute Gasteiger partial charge is 0.390 e. The van der Waals surface area contributed by atoms with E-state index in [4.69, 9.17) is 5.11 Å². The van der Waals surface area contributed by atoms with Gasteiger partial charge < -0.3 is 5.11 Å². The van der Waals surface area contributed by atoms with Gasteiger partial charge in [0.2, 0.25) is 0 Å². The second kappa shape index (κ2) is 3.60. The van der Waals surface area contributed by atoms with E-state index in [1.54, 1.807) is 5.38 Å². The van der Waals surface area contributed by atoms with Gasteiger partial charge in [-0.25, -0.2) is 13.4 Å². The summed E-state index contributed by atoms with van der Waals surface area (Å²) in [5.41, 5.74) is 0.562. The van der Waals surface area contributed by atoms with Gasteiger partial charge in [-0.15, -0.1) is 11.3 Å². The normalized spacial score (nSPS) is 25.4. The number of hydrogen-bond acceptors (Lipinski definition) is 5. The summed E-state index contributed by atoms with van der Waals surface area (Å²) in [7, 11) is -2.97. The monoisotopic (exact) mass is 233 g/mol. The van der Waals surface area contributed by atoms with Crippen molar-refractivity contribution >= 4 is 21.2 Å². The van der Waals surface area contributed by atoms with Crippen LogP contribution < -0.4 is 0 Å². The molecule has 1 N–H and O–H groups in total. The zero-order valence-corrected chi connectivity index (χ0v) is 9.14. The van der Waals surface area contributed by atoms with Crippen molar-refractivity contribution in [3.63, 3.8) is 0 Å². The zero-order valence-electron chi connectivity index (χ0n) is 7.51. The second-order valence-corrected chi connectivity index (χ2v) is 6.53. The van der Waals surface area contributed by atoms with Crippen LogP contribution in [0.2, 0.25) is 0 Å². The Morgan fingerprint density at radius 2 is 2.43 bits per heavy atom. The lowest BCUT2D eigenvalue weighted by Gasteiger charge is -2.03. The van der Waals surface area contributed by atoms with Crippen LogP contribution in [0.4, 0.5) is 0 Å². The van der Waals surface area contributed by atoms with Gasteiger partial charge in [0.1, 0.15) is 10.3 Å². The molecular weight excluding hydrogens is 222 g/mol. The minimum atomic E-state index is -2.97. The van der Waals surface area contributed by atoms with Crippen LogP contribution in [-0.4, -0.2) is 24.3 Å². The molecule has 78 valence electrons. The molecule has 1 aromatic heterocycles. The third kappa shape index (κ3) is 1.69. The minimum Gasteiger partial charge on any atom is -0.390 e. The van der Waals surface area contributed by atoms with Crippen molar-refractivity contribution in [1.82, 2.24) is 4.98 Å². The van der Waals surface area contributed by atoms with E-state index in [0.717, 1.165) is 6.42 Å². The molecule has 1 saturated heterocycles. The molecule has 1 aliphatic rings. The van der Waals surface area contributed by atoms with Crippen LogP contribution in [-0.2, 0) is 16.4 Å². The Morgan fingerprint density at radius 3 is 2.93 bits per heavy atom. The van der Waals surface area contributed by atoms with Crippen molar-refractivity contribution in [3.8, 4) is 0 Å². The van der Waals surface area contributed by atoms with Crippen LogP contribution >= 0.6 is 11.3 Å². The van der Waals surface area contributed by atoms with Gasteiger partial charge in [0.25, 0.3) is 0 Å². The van der Waals surface area contributed by atoms with E-state index >= 15 is 0 Å². The van der Waals surface area contributed by atoms with Crippen LogP contribution in [0.25, 0.3) is 0 Å². The van der Waals surface area contributed by atoms with Crippen LogP contribution in [0, 0.1) is 0 Å². The maximum absolute atomic E-state index is 11.6. The summed E-state index contributed by atoms with van der Waals surface area (Å²) >= 11 is 1.32. The number of aromatic nitrogens is 1. The average Bonchev–Trinajstić information content (AvgIpc) is 2.70. The lowest BCUT2D eigenvalue weighted by atomic mass is 10.3. The van der Waals surface area contributed by atoms with E-state index in [2.05, 4.69) is 4.98 Å². The number of aliphatic hydroxyl groups excluding tert-OH is 1. The Hall–Kier alpha value is -0.460. The summed E-state index contributed by atoms with van der Waals surface area (Å²) in [6, 6.07) is 0. The summed E-state index contributed by atoms with van der Waals surface area (Å²) in [6.07, 6.45) is 1.39. The minimum absolute atomic E-state index is 0.122. The van der Waals surface area contributed by atoms with Crippen molar-refractivity contribution in [2.45, 2.75) is 24.7 Å². The molecule has 1 aromatic rings. The Bertz CT molecular complexity index is 424. The summed E-state index contributed by atoms with van der Waals surface area (Å²) in [6.45, 7) is -0.122. The van der Waals surface area contributed by atoms with Crippen LogP contribution in [0.15, 0.2) is 5.38 Å². The zero-order chi connectivity index (χ0) is 10.2. The van der Waals surface area contributed by atoms with Gasteiger partial charge in [0, 0.05) is 5.38 Å². The maximum Gasteiger partial charge on any atom is 0.159 e. The van der Waals surface area contributed by atoms with E-state index in [9.17, 15) is 8.42 Å². The van der Waals surface area contributed by atoms with Crippen molar-refractivity contribution < 1.29 is 13.5 Å². The fourth-order valence-corrected chi connectivity index (χ4v) is 4.78. The highest BCUT2D eigenvalue weighted by Gasteiger charge is 2.34. The van der Waals surface area contributed by atoms with E-state index in [1.807, 2.05) is 0 Å². The molecule has 2 rings (SSSR count). The fraction of sp³-hybridized carbons (Fsp3) is 0.625. The molecule has 6 heteroatoms. The average molecular weight is 233 g/mol. The molecule has 0 saturated carbocycles. The molecule has 0 spiro atoms. The van der Waals surface area contributed by atoms with Crippen LogP contribution in [0.1, 0.15) is 28.8 Å². The topological polar surface area (TPSA) is 67.3 Å². The predicted molar refractivity (Wildman–Crippen MR) is 53.8 cm³/mol. The molecule has 14 heavy (non-hydrogen) atoms. The highest BCUT2D eigenvalue weighted by atomic mass is 32.2. The summed E-state index contributed by atoms with van der Waals surface area (Å²) < 4.78 is 23.1. The van der Waals surface area contributed by atoms with Gasteiger partial charge in [-0.2, -0.15) is 0 Å².